The van der Waals surface area contributed by atoms with E-state index in [0.717, 1.165) is 34.1 Å². The van der Waals surface area contributed by atoms with Crippen molar-refractivity contribution in [2.24, 2.45) is 17.8 Å². The molecule has 1 aliphatic carbocycles. The number of nitrogens with one attached hydrogen (secondary N) is 2. The predicted octanol–water partition coefficient (Wildman–Crippen LogP) is 3.19. The largest absolute Gasteiger partial charge is 0.349 e. The van der Waals surface area contributed by atoms with E-state index in [0.29, 0.717) is 25.9 Å². The highest BCUT2D eigenvalue weighted by molar-refractivity contribution is 9.10. The number of benzene rings is 1. The molecule has 1 aromatic carbocycles. The summed E-state index contributed by atoms with van der Waals surface area (Å²) in [4.78, 5) is 50.8. The molecule has 11 heteroatoms. The molecule has 1 unspecified atom stereocenters. The topological polar surface area (TPSA) is 118 Å². The first kappa shape index (κ1) is 29.0. The molecule has 7 rings (SSSR count). The second-order valence-corrected chi connectivity index (χ2v) is 14.5. The Bertz CT molecular complexity index is 1570. The summed E-state index contributed by atoms with van der Waals surface area (Å²) in [6.07, 6.45) is 4.49. The Hall–Kier alpha value is -2.73. The van der Waals surface area contributed by atoms with Crippen LogP contribution < -0.4 is 5.32 Å². The van der Waals surface area contributed by atoms with E-state index in [4.69, 9.17) is 4.74 Å². The molecule has 10 nitrogen and oxygen atoms in total. The number of carbonyl (C=O) groups excluding carboxylic acids is 3. The number of hydrogen-bond acceptors (Lipinski definition) is 6. The van der Waals surface area contributed by atoms with Gasteiger partial charge < -0.3 is 20.3 Å². The number of fused-ring (bicyclic) bond motifs is 5. The molecule has 0 saturated carbocycles. The number of aromatic nitrogens is 1. The average molecular weight is 655 g/mol. The van der Waals surface area contributed by atoms with Crippen molar-refractivity contribution < 1.29 is 24.2 Å². The molecule has 4 aliphatic heterocycles. The van der Waals surface area contributed by atoms with Crippen molar-refractivity contribution in [1.82, 2.24) is 25.0 Å². The van der Waals surface area contributed by atoms with Crippen LogP contribution in [0.5, 0.6) is 0 Å². The minimum Gasteiger partial charge on any atom is -0.349 e. The van der Waals surface area contributed by atoms with E-state index in [-0.39, 0.29) is 23.8 Å². The molecule has 3 saturated heterocycles. The van der Waals surface area contributed by atoms with E-state index in [1.54, 1.807) is 18.7 Å². The Balaban J connectivity index is 1.25. The SMILES string of the molecule is CC(C)C[C@H]1C(=O)N2CCC[C@@H]2[C@]2(O)O[C@](NC(=O)C3C=C4c5cccc6[nH]c(Br)c(c56)C[C@H]4N(C)C3)(C(C)C)C(=O)N12. The van der Waals surface area contributed by atoms with Crippen molar-refractivity contribution in [2.75, 3.05) is 20.1 Å². The molecule has 6 atom stereocenters. The predicted molar refractivity (Wildman–Crippen MR) is 164 cm³/mol. The number of carbonyl (C=O) groups is 3. The summed E-state index contributed by atoms with van der Waals surface area (Å²) in [5.41, 5.74) is 2.68. The highest BCUT2D eigenvalue weighted by Gasteiger charge is 2.72. The van der Waals surface area contributed by atoms with Crippen LogP contribution in [0.15, 0.2) is 28.9 Å². The summed E-state index contributed by atoms with van der Waals surface area (Å²) in [5.74, 6) is -4.01. The zero-order valence-corrected chi connectivity index (χ0v) is 26.9. The monoisotopic (exact) mass is 653 g/mol. The molecule has 1 aromatic heterocycles. The van der Waals surface area contributed by atoms with Gasteiger partial charge in [0.1, 0.15) is 12.1 Å². The quantitative estimate of drug-likeness (QED) is 0.456. The lowest BCUT2D eigenvalue weighted by Crippen LogP contribution is -2.71. The number of piperazine rings is 1. The summed E-state index contributed by atoms with van der Waals surface area (Å²) in [5, 5.41) is 16.3. The van der Waals surface area contributed by atoms with Gasteiger partial charge in [0.25, 0.3) is 11.8 Å². The summed E-state index contributed by atoms with van der Waals surface area (Å²) >= 11 is 3.70. The van der Waals surface area contributed by atoms with Gasteiger partial charge in [0.15, 0.2) is 0 Å². The highest BCUT2D eigenvalue weighted by Crippen LogP contribution is 2.49. The van der Waals surface area contributed by atoms with E-state index in [9.17, 15) is 19.5 Å². The molecular formula is C32H40BrN5O5. The van der Waals surface area contributed by atoms with E-state index in [2.05, 4.69) is 43.3 Å². The van der Waals surface area contributed by atoms with Gasteiger partial charge in [-0.05, 0) is 77.3 Å². The number of aromatic amines is 1. The van der Waals surface area contributed by atoms with Gasteiger partial charge in [-0.3, -0.25) is 28.9 Å². The first-order chi connectivity index (χ1) is 20.4. The normalized spacial score (nSPS) is 33.7. The lowest BCUT2D eigenvalue weighted by Gasteiger charge is -2.49. The number of aliphatic hydroxyl groups is 1. The van der Waals surface area contributed by atoms with Crippen molar-refractivity contribution in [2.45, 2.75) is 83.1 Å². The van der Waals surface area contributed by atoms with Gasteiger partial charge in [0.2, 0.25) is 17.5 Å². The van der Waals surface area contributed by atoms with Crippen LogP contribution in [0.1, 0.15) is 58.1 Å². The van der Waals surface area contributed by atoms with Gasteiger partial charge in [-0.1, -0.05) is 45.9 Å². The van der Waals surface area contributed by atoms with Gasteiger partial charge in [-0.25, -0.2) is 0 Å². The molecule has 3 N–H and O–H groups in total. The number of hydrogen-bond donors (Lipinski definition) is 3. The van der Waals surface area contributed by atoms with Gasteiger partial charge in [0, 0.05) is 36.0 Å². The number of H-pyrrole nitrogens is 1. The average Bonchev–Trinajstić information content (AvgIpc) is 3.63. The van der Waals surface area contributed by atoms with Crippen LogP contribution in [-0.4, -0.2) is 92.4 Å². The molecule has 5 aliphatic rings. The fourth-order valence-corrected chi connectivity index (χ4v) is 8.72. The third kappa shape index (κ3) is 4.04. The number of nitrogens with zero attached hydrogens (tertiary/aromatic N) is 3. The van der Waals surface area contributed by atoms with Crippen molar-refractivity contribution in [3.8, 4) is 0 Å². The summed E-state index contributed by atoms with van der Waals surface area (Å²) in [6, 6.07) is 4.76. The zero-order valence-electron chi connectivity index (χ0n) is 25.3. The Morgan fingerprint density at radius 2 is 2.02 bits per heavy atom. The van der Waals surface area contributed by atoms with Crippen molar-refractivity contribution >= 4 is 50.1 Å². The van der Waals surface area contributed by atoms with Gasteiger partial charge in [0.05, 0.1) is 10.5 Å². The second-order valence-electron chi connectivity index (χ2n) is 13.7. The molecule has 3 fully saturated rings. The summed E-state index contributed by atoms with van der Waals surface area (Å²) < 4.78 is 7.43. The van der Waals surface area contributed by atoms with Gasteiger partial charge >= 0.3 is 0 Å². The van der Waals surface area contributed by atoms with Crippen LogP contribution in [0.25, 0.3) is 16.5 Å². The Morgan fingerprint density at radius 3 is 2.74 bits per heavy atom. The lowest BCUT2D eigenvalue weighted by atomic mass is 9.79. The molecule has 0 bridgehead atoms. The summed E-state index contributed by atoms with van der Waals surface area (Å²) in [6.45, 7) is 8.57. The fraction of sp³-hybridized carbons (Fsp3) is 0.594. The molecule has 3 amide bonds. The van der Waals surface area contributed by atoms with Gasteiger partial charge in [-0.2, -0.15) is 0 Å². The maximum absolute atomic E-state index is 14.4. The number of amides is 3. The standard InChI is InChI=1S/C32H40BrN5O5/c1-16(2)12-24-29(40)37-11-7-10-25(37)32(42)38(24)30(41)31(43-32,17(3)4)35-28(39)18-13-20-19-8-6-9-22-26(19)21(27(33)34-22)14-23(20)36(5)15-18/h6,8-9,13,16-18,23-25,34,42H,7,10-12,14-15H2,1-5H3,(H,35,39)/t18?,23-,24+,25-,31-,32+/m1/s1. The van der Waals surface area contributed by atoms with Crippen LogP contribution in [0.2, 0.25) is 0 Å². The molecule has 230 valence electrons. The molecule has 5 heterocycles. The zero-order chi connectivity index (χ0) is 30.6. The number of halogens is 1. The minimum absolute atomic E-state index is 0.104. The second kappa shape index (κ2) is 9.89. The van der Waals surface area contributed by atoms with Crippen molar-refractivity contribution in [3.05, 3.63) is 40.0 Å². The highest BCUT2D eigenvalue weighted by atomic mass is 79.9. The third-order valence-electron chi connectivity index (χ3n) is 10.3. The smallest absolute Gasteiger partial charge is 0.281 e. The molecule has 0 radical (unpaired) electrons. The number of ether oxygens (including phenoxy) is 1. The van der Waals surface area contributed by atoms with E-state index in [1.807, 2.05) is 33.0 Å². The van der Waals surface area contributed by atoms with Crippen LogP contribution >= 0.6 is 15.9 Å². The number of likely N-dealkylation sites (N-methyl/N-ethyl adjacent to an activating group) is 1. The van der Waals surface area contributed by atoms with Crippen molar-refractivity contribution in [3.63, 3.8) is 0 Å². The van der Waals surface area contributed by atoms with Crippen LogP contribution in [0, 0.1) is 17.8 Å². The van der Waals surface area contributed by atoms with E-state index in [1.165, 1.54) is 15.8 Å². The molecule has 2 aromatic rings. The molecule has 0 spiro atoms. The van der Waals surface area contributed by atoms with E-state index >= 15 is 0 Å². The summed E-state index contributed by atoms with van der Waals surface area (Å²) in [7, 11) is 2.03. The minimum atomic E-state index is -2.01. The van der Waals surface area contributed by atoms with Crippen LogP contribution in [0.3, 0.4) is 0 Å². The first-order valence-electron chi connectivity index (χ1n) is 15.5. The molecular weight excluding hydrogens is 614 g/mol. The van der Waals surface area contributed by atoms with Gasteiger partial charge in [-0.15, -0.1) is 0 Å². The Morgan fingerprint density at radius 1 is 1.26 bits per heavy atom. The van der Waals surface area contributed by atoms with Crippen LogP contribution in [-0.2, 0) is 25.5 Å². The maximum atomic E-state index is 14.4. The third-order valence-corrected chi connectivity index (χ3v) is 10.9. The first-order valence-corrected chi connectivity index (χ1v) is 16.3. The van der Waals surface area contributed by atoms with E-state index < -0.39 is 41.5 Å². The van der Waals surface area contributed by atoms with Crippen molar-refractivity contribution in [1.29, 1.82) is 0 Å². The number of rotatable bonds is 5. The maximum Gasteiger partial charge on any atom is 0.281 e. The van der Waals surface area contributed by atoms with Crippen LogP contribution in [0.4, 0.5) is 0 Å². The molecule has 43 heavy (non-hydrogen) atoms. The Labute approximate surface area is 259 Å². The Kier molecular flexibility index (Phi) is 6.67. The lowest BCUT2D eigenvalue weighted by molar-refractivity contribution is -0.322. The fourth-order valence-electron chi connectivity index (χ4n) is 8.15.